The van der Waals surface area contributed by atoms with Crippen molar-refractivity contribution >= 4 is 21.7 Å². The average molecular weight is 532 g/mol. The zero-order chi connectivity index (χ0) is 27.0. The number of aliphatic hydroxyl groups excluding tert-OH is 1. The molecular weight excluding hydrogens is 494 g/mol. The van der Waals surface area contributed by atoms with Crippen LogP contribution < -0.4 is 15.4 Å². The molecule has 37 heavy (non-hydrogen) atoms. The van der Waals surface area contributed by atoms with Crippen molar-refractivity contribution in [2.24, 2.45) is 5.92 Å². The monoisotopic (exact) mass is 531 g/mol. The first kappa shape index (κ1) is 28.6. The van der Waals surface area contributed by atoms with Crippen molar-refractivity contribution in [2.75, 3.05) is 13.4 Å². The number of sulfone groups is 1. The van der Waals surface area contributed by atoms with Crippen molar-refractivity contribution in [1.82, 2.24) is 15.6 Å². The first-order valence-electron chi connectivity index (χ1n) is 12.7. The molecule has 1 aliphatic rings. The number of amides is 2. The maximum atomic E-state index is 13.4. The largest absolute Gasteiger partial charge is 0.494 e. The molecule has 1 aromatic carbocycles. The van der Waals surface area contributed by atoms with E-state index < -0.39 is 33.8 Å². The van der Waals surface area contributed by atoms with E-state index in [1.807, 2.05) is 30.3 Å². The van der Waals surface area contributed by atoms with Crippen LogP contribution in [0.1, 0.15) is 61.4 Å². The summed E-state index contributed by atoms with van der Waals surface area (Å²) in [5.41, 5.74) is 0.699. The summed E-state index contributed by atoms with van der Waals surface area (Å²) in [5.74, 6) is -1.30. The molecule has 1 saturated carbocycles. The Morgan fingerprint density at radius 1 is 1.14 bits per heavy atom. The molecule has 1 aromatic heterocycles. The molecule has 0 spiro atoms. The Morgan fingerprint density at radius 3 is 2.43 bits per heavy atom. The minimum atomic E-state index is -3.79. The number of nitrogens with zero attached hydrogens (tertiary/aromatic N) is 1. The molecule has 0 radical (unpaired) electrons. The first-order chi connectivity index (χ1) is 17.6. The quantitative estimate of drug-likeness (QED) is 0.406. The fourth-order valence-corrected chi connectivity index (χ4v) is 5.52. The number of aromatic nitrogens is 1. The smallest absolute Gasteiger partial charge is 0.256 e. The van der Waals surface area contributed by atoms with Gasteiger partial charge >= 0.3 is 0 Å². The van der Waals surface area contributed by atoms with Crippen molar-refractivity contribution in [3.63, 3.8) is 0 Å². The molecule has 10 heteroatoms. The summed E-state index contributed by atoms with van der Waals surface area (Å²) in [5, 5.41) is 17.1. The highest BCUT2D eigenvalue weighted by molar-refractivity contribution is 7.90. The summed E-state index contributed by atoms with van der Waals surface area (Å²) in [7, 11) is -2.47. The predicted molar refractivity (Wildman–Crippen MR) is 140 cm³/mol. The molecule has 9 nitrogen and oxygen atoms in total. The van der Waals surface area contributed by atoms with Crippen LogP contribution in [0.4, 0.5) is 0 Å². The van der Waals surface area contributed by atoms with Crippen LogP contribution in [0.3, 0.4) is 0 Å². The fourth-order valence-electron chi connectivity index (χ4n) is 4.70. The number of hydrogen-bond donors (Lipinski definition) is 3. The van der Waals surface area contributed by atoms with E-state index in [-0.39, 0.29) is 41.0 Å². The third kappa shape index (κ3) is 8.00. The summed E-state index contributed by atoms with van der Waals surface area (Å²) >= 11 is 0. The number of benzene rings is 1. The van der Waals surface area contributed by atoms with E-state index in [2.05, 4.69) is 15.6 Å². The first-order valence-corrected chi connectivity index (χ1v) is 14.5. The van der Waals surface area contributed by atoms with Crippen molar-refractivity contribution in [2.45, 2.75) is 75.0 Å². The third-order valence-corrected chi connectivity index (χ3v) is 7.90. The second-order valence-corrected chi connectivity index (χ2v) is 11.8. The number of carbonyl (C=O) groups is 2. The molecule has 1 aliphatic carbocycles. The Hall–Kier alpha value is -2.98. The van der Waals surface area contributed by atoms with E-state index in [1.54, 1.807) is 6.92 Å². The highest BCUT2D eigenvalue weighted by Crippen LogP contribution is 2.25. The van der Waals surface area contributed by atoms with Gasteiger partial charge in [-0.15, -0.1) is 0 Å². The standard InChI is InChI=1S/C27H37N3O6S/c1-18(26(32)29-20-12-8-5-9-13-20)14-22(31)21(15-19-10-6-4-7-11-19)30-27(33)25-23(36-2)16-28-17-24(25)37(3,34)35/h4,6-7,10-11,16-18,20-22,31H,5,8-9,12-15H2,1-3H3,(H,29,32)(H,30,33). The van der Waals surface area contributed by atoms with Crippen molar-refractivity contribution < 1.29 is 27.9 Å². The molecule has 202 valence electrons. The molecule has 1 heterocycles. The molecular formula is C27H37N3O6S. The average Bonchev–Trinajstić information content (AvgIpc) is 2.88. The van der Waals surface area contributed by atoms with Crippen LogP contribution in [0.15, 0.2) is 47.6 Å². The minimum absolute atomic E-state index is 0.00797. The molecule has 3 N–H and O–H groups in total. The normalized spacial score (nSPS) is 16.9. The van der Waals surface area contributed by atoms with Gasteiger partial charge in [-0.3, -0.25) is 14.6 Å². The van der Waals surface area contributed by atoms with Gasteiger partial charge in [0.1, 0.15) is 10.5 Å². The van der Waals surface area contributed by atoms with Crippen LogP contribution in [0.5, 0.6) is 5.75 Å². The van der Waals surface area contributed by atoms with Crippen LogP contribution in [0, 0.1) is 5.92 Å². The molecule has 0 bridgehead atoms. The third-order valence-electron chi connectivity index (χ3n) is 6.80. The van der Waals surface area contributed by atoms with Crippen LogP contribution in [-0.2, 0) is 21.1 Å². The maximum absolute atomic E-state index is 13.4. The summed E-state index contributed by atoms with van der Waals surface area (Å²) < 4.78 is 29.9. The summed E-state index contributed by atoms with van der Waals surface area (Å²) in [6.45, 7) is 1.76. The van der Waals surface area contributed by atoms with Crippen LogP contribution >= 0.6 is 0 Å². The Bertz CT molecular complexity index is 1170. The SMILES string of the molecule is COc1cncc(S(C)(=O)=O)c1C(=O)NC(Cc1ccccc1)C(O)CC(C)C(=O)NC1CCCCC1. The number of rotatable bonds is 11. The van der Waals surface area contributed by atoms with Gasteiger partial charge in [0.05, 0.1) is 25.5 Å². The van der Waals surface area contributed by atoms with Gasteiger partial charge in [-0.2, -0.15) is 0 Å². The number of methoxy groups -OCH3 is 1. The van der Waals surface area contributed by atoms with E-state index >= 15 is 0 Å². The lowest BCUT2D eigenvalue weighted by atomic mass is 9.92. The van der Waals surface area contributed by atoms with E-state index in [0.29, 0.717) is 0 Å². The summed E-state index contributed by atoms with van der Waals surface area (Å²) in [4.78, 5) is 29.8. The topological polar surface area (TPSA) is 135 Å². The summed E-state index contributed by atoms with van der Waals surface area (Å²) in [6.07, 6.45) is 8.02. The lowest BCUT2D eigenvalue weighted by Crippen LogP contribution is -2.47. The molecule has 3 unspecified atom stereocenters. The molecule has 3 atom stereocenters. The molecule has 2 amide bonds. The number of ether oxygens (including phenoxy) is 1. The van der Waals surface area contributed by atoms with Gasteiger partial charge in [-0.05, 0) is 31.2 Å². The molecule has 1 fully saturated rings. The number of nitrogens with one attached hydrogen (secondary N) is 2. The van der Waals surface area contributed by atoms with Gasteiger partial charge in [-0.1, -0.05) is 56.5 Å². The van der Waals surface area contributed by atoms with Gasteiger partial charge in [0.2, 0.25) is 5.91 Å². The minimum Gasteiger partial charge on any atom is -0.494 e. The van der Waals surface area contributed by atoms with Crippen molar-refractivity contribution in [1.29, 1.82) is 0 Å². The number of carbonyl (C=O) groups excluding carboxylic acids is 2. The van der Waals surface area contributed by atoms with E-state index in [0.717, 1.165) is 43.7 Å². The maximum Gasteiger partial charge on any atom is 0.256 e. The lowest BCUT2D eigenvalue weighted by molar-refractivity contribution is -0.126. The highest BCUT2D eigenvalue weighted by Gasteiger charge is 2.30. The van der Waals surface area contributed by atoms with E-state index in [4.69, 9.17) is 4.74 Å². The van der Waals surface area contributed by atoms with Gasteiger partial charge in [-0.25, -0.2) is 8.42 Å². The van der Waals surface area contributed by atoms with E-state index in [1.165, 1.54) is 19.7 Å². The van der Waals surface area contributed by atoms with Gasteiger partial charge in [0.15, 0.2) is 15.6 Å². The van der Waals surface area contributed by atoms with Gasteiger partial charge in [0.25, 0.3) is 5.91 Å². The van der Waals surface area contributed by atoms with Gasteiger partial charge in [0, 0.05) is 24.4 Å². The Kier molecular flexibility index (Phi) is 10.0. The zero-order valence-corrected chi connectivity index (χ0v) is 22.5. The number of pyridine rings is 1. The molecule has 0 saturated heterocycles. The molecule has 0 aliphatic heterocycles. The van der Waals surface area contributed by atoms with E-state index in [9.17, 15) is 23.1 Å². The number of aliphatic hydroxyl groups is 1. The van der Waals surface area contributed by atoms with Crippen LogP contribution in [0.2, 0.25) is 0 Å². The Balaban J connectivity index is 1.81. The molecule has 3 rings (SSSR count). The Labute approximate surface area is 218 Å². The highest BCUT2D eigenvalue weighted by atomic mass is 32.2. The molecule has 2 aromatic rings. The fraction of sp³-hybridized carbons (Fsp3) is 0.519. The Morgan fingerprint density at radius 2 is 1.81 bits per heavy atom. The van der Waals surface area contributed by atoms with Gasteiger partial charge < -0.3 is 20.5 Å². The van der Waals surface area contributed by atoms with Crippen LogP contribution in [-0.4, -0.2) is 61.9 Å². The van der Waals surface area contributed by atoms with Crippen molar-refractivity contribution in [3.05, 3.63) is 53.9 Å². The summed E-state index contributed by atoms with van der Waals surface area (Å²) in [6, 6.07) is 8.70. The van der Waals surface area contributed by atoms with Crippen LogP contribution in [0.25, 0.3) is 0 Å². The zero-order valence-electron chi connectivity index (χ0n) is 21.6. The number of hydrogen-bond acceptors (Lipinski definition) is 7. The second-order valence-electron chi connectivity index (χ2n) is 9.80. The lowest BCUT2D eigenvalue weighted by Gasteiger charge is -2.28. The predicted octanol–water partition coefficient (Wildman–Crippen LogP) is 2.67. The van der Waals surface area contributed by atoms with Crippen molar-refractivity contribution in [3.8, 4) is 5.75 Å². The second kappa shape index (κ2) is 13.0.